The maximum atomic E-state index is 12.5. The Kier molecular flexibility index (Phi) is 4.86. The van der Waals surface area contributed by atoms with E-state index in [1.165, 1.54) is 5.56 Å². The lowest BCUT2D eigenvalue weighted by atomic mass is 9.85. The van der Waals surface area contributed by atoms with Crippen LogP contribution in [0.15, 0.2) is 28.7 Å². The van der Waals surface area contributed by atoms with Crippen LogP contribution in [0, 0.1) is 0 Å². The van der Waals surface area contributed by atoms with Crippen LogP contribution >= 0.6 is 15.9 Å². The minimum absolute atomic E-state index is 0.0767. The SMILES string of the molecule is CC1(C)C(N)CCCN1C(=O)CCc1ccc(Br)cc1. The van der Waals surface area contributed by atoms with Gasteiger partial charge in [-0.1, -0.05) is 28.1 Å². The Morgan fingerprint density at radius 3 is 2.70 bits per heavy atom. The first-order chi connectivity index (χ1) is 9.41. The summed E-state index contributed by atoms with van der Waals surface area (Å²) in [5, 5.41) is 0. The van der Waals surface area contributed by atoms with Crippen LogP contribution in [0.25, 0.3) is 0 Å². The summed E-state index contributed by atoms with van der Waals surface area (Å²) in [5.74, 6) is 0.216. The zero-order chi connectivity index (χ0) is 14.8. The third-order valence-electron chi connectivity index (χ3n) is 4.34. The number of nitrogens with two attached hydrogens (primary N) is 1. The predicted octanol–water partition coefficient (Wildman–Crippen LogP) is 3.11. The zero-order valence-electron chi connectivity index (χ0n) is 12.2. The molecule has 1 aliphatic heterocycles. The van der Waals surface area contributed by atoms with Crippen LogP contribution in [-0.4, -0.2) is 28.9 Å². The third-order valence-corrected chi connectivity index (χ3v) is 4.87. The molecule has 1 aromatic rings. The van der Waals surface area contributed by atoms with Crippen molar-refractivity contribution in [2.45, 2.75) is 51.1 Å². The molecule has 0 bridgehead atoms. The number of hydrogen-bond donors (Lipinski definition) is 1. The van der Waals surface area contributed by atoms with Crippen molar-refractivity contribution < 1.29 is 4.79 Å². The third kappa shape index (κ3) is 3.41. The van der Waals surface area contributed by atoms with Gasteiger partial charge in [0.15, 0.2) is 0 Å². The fourth-order valence-electron chi connectivity index (χ4n) is 2.79. The number of rotatable bonds is 3. The highest BCUT2D eigenvalue weighted by atomic mass is 79.9. The van der Waals surface area contributed by atoms with E-state index in [4.69, 9.17) is 5.73 Å². The smallest absolute Gasteiger partial charge is 0.223 e. The van der Waals surface area contributed by atoms with Crippen LogP contribution < -0.4 is 5.73 Å². The highest BCUT2D eigenvalue weighted by molar-refractivity contribution is 9.10. The summed E-state index contributed by atoms with van der Waals surface area (Å²) < 4.78 is 1.07. The molecular weight excluding hydrogens is 316 g/mol. The summed E-state index contributed by atoms with van der Waals surface area (Å²) in [6.45, 7) is 4.99. The van der Waals surface area contributed by atoms with Crippen molar-refractivity contribution in [1.29, 1.82) is 0 Å². The van der Waals surface area contributed by atoms with E-state index in [2.05, 4.69) is 41.9 Å². The van der Waals surface area contributed by atoms with Crippen LogP contribution in [0.3, 0.4) is 0 Å². The summed E-state index contributed by atoms with van der Waals surface area (Å²) in [7, 11) is 0. The number of halogens is 1. The monoisotopic (exact) mass is 338 g/mol. The molecule has 4 heteroatoms. The van der Waals surface area contributed by atoms with Gasteiger partial charge in [0.25, 0.3) is 0 Å². The van der Waals surface area contributed by atoms with Gasteiger partial charge in [-0.25, -0.2) is 0 Å². The highest BCUT2D eigenvalue weighted by Crippen LogP contribution is 2.27. The van der Waals surface area contributed by atoms with E-state index in [0.29, 0.717) is 6.42 Å². The average molecular weight is 339 g/mol. The van der Waals surface area contributed by atoms with Crippen LogP contribution in [0.2, 0.25) is 0 Å². The molecule has 1 aliphatic rings. The van der Waals surface area contributed by atoms with Crippen molar-refractivity contribution in [3.05, 3.63) is 34.3 Å². The zero-order valence-corrected chi connectivity index (χ0v) is 13.8. The Balaban J connectivity index is 1.96. The molecule has 0 radical (unpaired) electrons. The standard InChI is InChI=1S/C16H23BrN2O/c1-16(2)14(18)4-3-11-19(16)15(20)10-7-12-5-8-13(17)9-6-12/h5-6,8-9,14H,3-4,7,10-11,18H2,1-2H3. The predicted molar refractivity (Wildman–Crippen MR) is 85.5 cm³/mol. The Morgan fingerprint density at radius 1 is 1.40 bits per heavy atom. The van der Waals surface area contributed by atoms with Crippen molar-refractivity contribution in [2.75, 3.05) is 6.54 Å². The number of aryl methyl sites for hydroxylation is 1. The number of amides is 1. The lowest BCUT2D eigenvalue weighted by Gasteiger charge is -2.46. The van der Waals surface area contributed by atoms with Crippen LogP contribution in [-0.2, 0) is 11.2 Å². The van der Waals surface area contributed by atoms with Gasteiger partial charge in [0.05, 0.1) is 5.54 Å². The second-order valence-corrected chi connectivity index (χ2v) is 6.99. The van der Waals surface area contributed by atoms with Gasteiger partial charge in [-0.2, -0.15) is 0 Å². The van der Waals surface area contributed by atoms with E-state index >= 15 is 0 Å². The average Bonchev–Trinajstić information content (AvgIpc) is 2.41. The van der Waals surface area contributed by atoms with Gasteiger partial charge < -0.3 is 10.6 Å². The van der Waals surface area contributed by atoms with Gasteiger partial charge in [0, 0.05) is 23.5 Å². The van der Waals surface area contributed by atoms with E-state index < -0.39 is 0 Å². The normalized spacial score (nSPS) is 21.8. The van der Waals surface area contributed by atoms with Gasteiger partial charge in [-0.15, -0.1) is 0 Å². The Hall–Kier alpha value is -0.870. The molecule has 1 aromatic carbocycles. The van der Waals surface area contributed by atoms with Gasteiger partial charge in [-0.05, 0) is 50.8 Å². The molecule has 3 nitrogen and oxygen atoms in total. The first-order valence-electron chi connectivity index (χ1n) is 7.22. The molecule has 2 N–H and O–H groups in total. The molecule has 1 fully saturated rings. The fourth-order valence-corrected chi connectivity index (χ4v) is 3.06. The second kappa shape index (κ2) is 6.27. The number of carbonyl (C=O) groups is 1. The number of carbonyl (C=O) groups excluding carboxylic acids is 1. The summed E-state index contributed by atoms with van der Waals surface area (Å²) in [5.41, 5.74) is 7.13. The number of benzene rings is 1. The Labute approximate surface area is 129 Å². The van der Waals surface area contributed by atoms with Gasteiger partial charge in [-0.3, -0.25) is 4.79 Å². The lowest BCUT2D eigenvalue weighted by molar-refractivity contribution is -0.139. The first kappa shape index (κ1) is 15.5. The quantitative estimate of drug-likeness (QED) is 0.920. The van der Waals surface area contributed by atoms with Gasteiger partial charge >= 0.3 is 0 Å². The van der Waals surface area contributed by atoms with Crippen molar-refractivity contribution in [2.24, 2.45) is 5.73 Å². The summed E-state index contributed by atoms with van der Waals surface area (Å²) >= 11 is 3.42. The molecule has 0 aromatic heterocycles. The minimum atomic E-state index is -0.227. The van der Waals surface area contributed by atoms with E-state index in [9.17, 15) is 4.79 Å². The molecule has 1 amide bonds. The minimum Gasteiger partial charge on any atom is -0.336 e. The summed E-state index contributed by atoms with van der Waals surface area (Å²) in [4.78, 5) is 14.4. The number of likely N-dealkylation sites (tertiary alicyclic amines) is 1. The summed E-state index contributed by atoms with van der Waals surface area (Å²) in [6, 6.07) is 8.23. The fraction of sp³-hybridized carbons (Fsp3) is 0.562. The van der Waals surface area contributed by atoms with Gasteiger partial charge in [0.1, 0.15) is 0 Å². The highest BCUT2D eigenvalue weighted by Gasteiger charge is 2.38. The maximum Gasteiger partial charge on any atom is 0.223 e. The van der Waals surface area contributed by atoms with Crippen molar-refractivity contribution >= 4 is 21.8 Å². The van der Waals surface area contributed by atoms with Crippen molar-refractivity contribution in [3.8, 4) is 0 Å². The molecule has 1 unspecified atom stereocenters. The Morgan fingerprint density at radius 2 is 2.05 bits per heavy atom. The molecule has 1 heterocycles. The molecule has 2 rings (SSSR count). The van der Waals surface area contributed by atoms with Gasteiger partial charge in [0.2, 0.25) is 5.91 Å². The first-order valence-corrected chi connectivity index (χ1v) is 8.01. The van der Waals surface area contributed by atoms with E-state index in [1.807, 2.05) is 17.0 Å². The van der Waals surface area contributed by atoms with Crippen molar-refractivity contribution in [1.82, 2.24) is 4.90 Å². The largest absolute Gasteiger partial charge is 0.336 e. The molecule has 110 valence electrons. The Bertz CT molecular complexity index is 470. The molecule has 1 saturated heterocycles. The molecular formula is C16H23BrN2O. The van der Waals surface area contributed by atoms with E-state index in [0.717, 1.165) is 30.3 Å². The van der Waals surface area contributed by atoms with E-state index in [1.54, 1.807) is 0 Å². The summed E-state index contributed by atoms with van der Waals surface area (Å²) in [6.07, 6.45) is 3.35. The molecule has 1 atom stereocenters. The number of piperidine rings is 1. The lowest BCUT2D eigenvalue weighted by Crippen LogP contribution is -2.61. The second-order valence-electron chi connectivity index (χ2n) is 6.07. The number of nitrogens with zero attached hydrogens (tertiary/aromatic N) is 1. The van der Waals surface area contributed by atoms with E-state index in [-0.39, 0.29) is 17.5 Å². The van der Waals surface area contributed by atoms with Crippen molar-refractivity contribution in [3.63, 3.8) is 0 Å². The molecule has 0 aliphatic carbocycles. The molecule has 0 spiro atoms. The number of hydrogen-bond acceptors (Lipinski definition) is 2. The molecule has 20 heavy (non-hydrogen) atoms. The van der Waals surface area contributed by atoms with Crippen LogP contribution in [0.5, 0.6) is 0 Å². The topological polar surface area (TPSA) is 46.3 Å². The maximum absolute atomic E-state index is 12.5. The van der Waals surface area contributed by atoms with Crippen LogP contribution in [0.1, 0.15) is 38.7 Å². The van der Waals surface area contributed by atoms with Crippen LogP contribution in [0.4, 0.5) is 0 Å². The molecule has 0 saturated carbocycles.